The molecule has 1 aliphatic rings. The Bertz CT molecular complexity index is 1750. The fourth-order valence-electron chi connectivity index (χ4n) is 5.02. The maximum absolute atomic E-state index is 11.6. The molecule has 41 heavy (non-hydrogen) atoms. The minimum Gasteiger partial charge on any atom is -0.325 e. The van der Waals surface area contributed by atoms with Crippen molar-refractivity contribution < 1.29 is 28.8 Å². The molecule has 1 aliphatic heterocycles. The summed E-state index contributed by atoms with van der Waals surface area (Å²) in [6, 6.07) is 25.2. The molecule has 1 saturated heterocycles. The third-order valence-corrected chi connectivity index (χ3v) is 7.09. The van der Waals surface area contributed by atoms with Gasteiger partial charge in [-0.25, -0.2) is 10.6 Å². The zero-order valence-electron chi connectivity index (χ0n) is 22.1. The Balaban J connectivity index is 0.000000170. The highest BCUT2D eigenvalue weighted by Crippen LogP contribution is 2.36. The monoisotopic (exact) mass is 549 g/mol. The molecule has 0 spiro atoms. The average molecular weight is 550 g/mol. The number of imide groups is 1. The second-order valence-electron chi connectivity index (χ2n) is 9.70. The van der Waals surface area contributed by atoms with Crippen molar-refractivity contribution in [2.75, 3.05) is 0 Å². The van der Waals surface area contributed by atoms with Crippen molar-refractivity contribution in [2.24, 2.45) is 5.84 Å². The Morgan fingerprint density at radius 1 is 0.829 bits per heavy atom. The Labute approximate surface area is 235 Å². The maximum atomic E-state index is 11.6. The summed E-state index contributed by atoms with van der Waals surface area (Å²) < 4.78 is 0. The van der Waals surface area contributed by atoms with Crippen LogP contribution < -0.4 is 11.3 Å². The van der Waals surface area contributed by atoms with Gasteiger partial charge >= 0.3 is 5.97 Å². The van der Waals surface area contributed by atoms with Crippen molar-refractivity contribution in [1.29, 1.82) is 0 Å². The third kappa shape index (κ3) is 5.75. The number of hydrogen-bond acceptors (Lipinski definition) is 7. The van der Waals surface area contributed by atoms with E-state index in [2.05, 4.69) is 60.0 Å². The standard InChI is InChI=1S/C20H18N2O.C12H9NO5/c21-22-18(23)6-2-3-13-7-8-16-10-9-14-4-1-5-15-11-12-17(13)20(16)19(14)15;14-7-8-1-3-9(4-2-8)12(17)18-13-10(15)5-6-11(13)16/h1,4-5,7-12H,2-3,6,21H2,(H,22,23);1-4,7H,5-6H2. The summed E-state index contributed by atoms with van der Waals surface area (Å²) in [5.74, 6) is 3.16. The Kier molecular flexibility index (Phi) is 7.98. The lowest BCUT2D eigenvalue weighted by atomic mass is 9.90. The fraction of sp³-hybridized carbons (Fsp3) is 0.156. The van der Waals surface area contributed by atoms with Crippen LogP contribution in [0.2, 0.25) is 0 Å². The van der Waals surface area contributed by atoms with Crippen LogP contribution in [0.3, 0.4) is 0 Å². The van der Waals surface area contributed by atoms with E-state index in [0.29, 0.717) is 23.3 Å². The summed E-state index contributed by atoms with van der Waals surface area (Å²) in [6.45, 7) is 0. The van der Waals surface area contributed by atoms with Gasteiger partial charge in [-0.2, -0.15) is 0 Å². The number of benzene rings is 5. The number of hydroxylamine groups is 2. The maximum Gasteiger partial charge on any atom is 0.363 e. The average Bonchev–Trinajstić information content (AvgIpc) is 3.32. The topological polar surface area (TPSA) is 136 Å². The molecule has 206 valence electrons. The van der Waals surface area contributed by atoms with Crippen LogP contribution in [0.5, 0.6) is 0 Å². The second kappa shape index (κ2) is 11.9. The summed E-state index contributed by atoms with van der Waals surface area (Å²) >= 11 is 0. The Morgan fingerprint density at radius 2 is 1.44 bits per heavy atom. The lowest BCUT2D eigenvalue weighted by Crippen LogP contribution is -2.32. The number of nitrogens with zero attached hydrogens (tertiary/aromatic N) is 1. The molecule has 3 N–H and O–H groups in total. The first-order valence-corrected chi connectivity index (χ1v) is 13.2. The van der Waals surface area contributed by atoms with E-state index < -0.39 is 17.8 Å². The van der Waals surface area contributed by atoms with Crippen LogP contribution in [-0.2, 0) is 25.6 Å². The summed E-state index contributed by atoms with van der Waals surface area (Å²) in [6.07, 6.45) is 2.88. The summed E-state index contributed by atoms with van der Waals surface area (Å²) in [4.78, 5) is 60.5. The number of hydrazine groups is 1. The molecule has 5 aromatic carbocycles. The number of aldehydes is 1. The second-order valence-corrected chi connectivity index (χ2v) is 9.70. The van der Waals surface area contributed by atoms with Crippen LogP contribution >= 0.6 is 0 Å². The molecule has 0 aromatic heterocycles. The van der Waals surface area contributed by atoms with Crippen LogP contribution in [0, 0.1) is 0 Å². The van der Waals surface area contributed by atoms with Crippen LogP contribution in [-0.4, -0.2) is 35.0 Å². The molecule has 1 heterocycles. The van der Waals surface area contributed by atoms with Gasteiger partial charge in [0, 0.05) is 24.8 Å². The van der Waals surface area contributed by atoms with Gasteiger partial charge in [-0.1, -0.05) is 66.7 Å². The van der Waals surface area contributed by atoms with Crippen LogP contribution in [0.1, 0.15) is 52.0 Å². The SMILES string of the molecule is NNC(=O)CCCc1ccc2ccc3cccc4ccc1c2c34.O=Cc1ccc(C(=O)ON2C(=O)CCC2=O)cc1. The predicted octanol–water partition coefficient (Wildman–Crippen LogP) is 4.62. The highest BCUT2D eigenvalue weighted by Gasteiger charge is 2.33. The van der Waals surface area contributed by atoms with Gasteiger partial charge in [0.15, 0.2) is 0 Å². The number of hydrogen-bond donors (Lipinski definition) is 2. The number of carbonyl (C=O) groups is 5. The minimum absolute atomic E-state index is 0.0518. The zero-order valence-corrected chi connectivity index (χ0v) is 22.1. The molecule has 9 heteroatoms. The summed E-state index contributed by atoms with van der Waals surface area (Å²) in [5, 5.41) is 8.27. The van der Waals surface area contributed by atoms with Gasteiger partial charge < -0.3 is 4.84 Å². The molecule has 6 rings (SSSR count). The number of nitrogens with one attached hydrogen (secondary N) is 1. The van der Waals surface area contributed by atoms with E-state index in [1.54, 1.807) is 0 Å². The van der Waals surface area contributed by atoms with Crippen molar-refractivity contribution >= 4 is 62.3 Å². The predicted molar refractivity (Wildman–Crippen MR) is 154 cm³/mol. The Morgan fingerprint density at radius 3 is 2.07 bits per heavy atom. The molecule has 0 unspecified atom stereocenters. The number of rotatable bonds is 7. The van der Waals surface area contributed by atoms with Crippen LogP contribution in [0.4, 0.5) is 0 Å². The highest BCUT2D eigenvalue weighted by molar-refractivity contribution is 6.23. The minimum atomic E-state index is -0.809. The zero-order chi connectivity index (χ0) is 28.9. The first-order chi connectivity index (χ1) is 19.9. The van der Waals surface area contributed by atoms with E-state index in [9.17, 15) is 24.0 Å². The van der Waals surface area contributed by atoms with Crippen molar-refractivity contribution in [3.8, 4) is 0 Å². The molecule has 1 fully saturated rings. The molecule has 5 aromatic rings. The molecule has 0 atom stereocenters. The Hall–Kier alpha value is -5.15. The molecule has 0 bridgehead atoms. The summed E-state index contributed by atoms with van der Waals surface area (Å²) in [5.41, 5.74) is 4.06. The first kappa shape index (κ1) is 27.4. The van der Waals surface area contributed by atoms with Crippen LogP contribution in [0.25, 0.3) is 32.3 Å². The van der Waals surface area contributed by atoms with Gasteiger partial charge in [0.25, 0.3) is 11.8 Å². The van der Waals surface area contributed by atoms with Gasteiger partial charge in [0.05, 0.1) is 5.56 Å². The lowest BCUT2D eigenvalue weighted by molar-refractivity contribution is -0.172. The first-order valence-electron chi connectivity index (χ1n) is 13.2. The van der Waals surface area contributed by atoms with Crippen molar-refractivity contribution in [3.63, 3.8) is 0 Å². The molecule has 3 amide bonds. The number of nitrogens with two attached hydrogens (primary N) is 1. The number of carbonyl (C=O) groups excluding carboxylic acids is 5. The molecular weight excluding hydrogens is 522 g/mol. The molecular formula is C32H27N3O6. The van der Waals surface area contributed by atoms with Gasteiger partial charge in [-0.15, -0.1) is 5.06 Å². The molecule has 0 saturated carbocycles. The highest BCUT2D eigenvalue weighted by atomic mass is 16.7. The number of aryl methyl sites for hydroxylation is 1. The normalized spacial score (nSPS) is 13.0. The van der Waals surface area contributed by atoms with E-state index in [-0.39, 0.29) is 24.3 Å². The molecule has 9 nitrogen and oxygen atoms in total. The van der Waals surface area contributed by atoms with E-state index >= 15 is 0 Å². The van der Waals surface area contributed by atoms with Gasteiger partial charge in [-0.05, 0) is 62.9 Å². The summed E-state index contributed by atoms with van der Waals surface area (Å²) in [7, 11) is 0. The smallest absolute Gasteiger partial charge is 0.325 e. The van der Waals surface area contributed by atoms with E-state index in [4.69, 9.17) is 10.7 Å². The number of amides is 3. The van der Waals surface area contributed by atoms with Crippen molar-refractivity contribution in [3.05, 3.63) is 95.6 Å². The molecule has 0 aliphatic carbocycles. The largest absolute Gasteiger partial charge is 0.363 e. The van der Waals surface area contributed by atoms with E-state index in [1.165, 1.54) is 62.1 Å². The van der Waals surface area contributed by atoms with Gasteiger partial charge in [-0.3, -0.25) is 24.6 Å². The van der Waals surface area contributed by atoms with Crippen molar-refractivity contribution in [2.45, 2.75) is 32.1 Å². The third-order valence-electron chi connectivity index (χ3n) is 7.09. The van der Waals surface area contributed by atoms with Crippen molar-refractivity contribution in [1.82, 2.24) is 10.5 Å². The lowest BCUT2D eigenvalue weighted by Gasteiger charge is -2.13. The van der Waals surface area contributed by atoms with Gasteiger partial charge in [0.2, 0.25) is 5.91 Å². The fourth-order valence-corrected chi connectivity index (χ4v) is 5.02. The quantitative estimate of drug-likeness (QED) is 0.0755. The van der Waals surface area contributed by atoms with Gasteiger partial charge in [0.1, 0.15) is 6.29 Å². The molecule has 0 radical (unpaired) electrons. The van der Waals surface area contributed by atoms with E-state index in [1.807, 2.05) is 0 Å². The van der Waals surface area contributed by atoms with E-state index in [0.717, 1.165) is 12.8 Å². The van der Waals surface area contributed by atoms with Crippen LogP contribution in [0.15, 0.2) is 78.9 Å².